The molecule has 1 aromatic heterocycles. The van der Waals surface area contributed by atoms with E-state index in [9.17, 15) is 13.2 Å². The molecule has 0 bridgehead atoms. The number of halogens is 1. The number of amides is 1. The molecule has 0 aromatic carbocycles. The molecule has 1 fully saturated rings. The number of sulfone groups is 1. The Balaban J connectivity index is 2.10. The molecular weight excluding hydrogens is 344 g/mol. The number of carbonyl (C=O) groups excluding carboxylic acids is 1. The number of carbonyl (C=O) groups is 1. The molecule has 0 atom stereocenters. The molecule has 1 aromatic rings. The van der Waals surface area contributed by atoms with Gasteiger partial charge in [0.15, 0.2) is 9.84 Å². The van der Waals surface area contributed by atoms with Crippen molar-refractivity contribution in [3.8, 4) is 0 Å². The average molecular weight is 363 g/mol. The Morgan fingerprint density at radius 1 is 1.50 bits per heavy atom. The topological polar surface area (TPSA) is 68.2 Å². The van der Waals surface area contributed by atoms with Gasteiger partial charge in [-0.15, -0.1) is 0 Å². The summed E-state index contributed by atoms with van der Waals surface area (Å²) in [6.07, 6.45) is 5.24. The van der Waals surface area contributed by atoms with Gasteiger partial charge in [-0.2, -0.15) is 0 Å². The van der Waals surface area contributed by atoms with Crippen molar-refractivity contribution in [3.05, 3.63) is 22.4 Å². The zero-order valence-electron chi connectivity index (χ0n) is 11.8. The summed E-state index contributed by atoms with van der Waals surface area (Å²) < 4.78 is 25.1. The third-order valence-corrected chi connectivity index (χ3v) is 6.25. The second-order valence-corrected chi connectivity index (χ2v) is 9.46. The van der Waals surface area contributed by atoms with Crippen LogP contribution in [0.2, 0.25) is 0 Å². The van der Waals surface area contributed by atoms with Crippen LogP contribution < -0.4 is 5.32 Å². The maximum absolute atomic E-state index is 12.2. The lowest BCUT2D eigenvalue weighted by Gasteiger charge is -2.22. The fourth-order valence-electron chi connectivity index (χ4n) is 1.80. The van der Waals surface area contributed by atoms with Gasteiger partial charge in [-0.3, -0.25) is 4.79 Å². The van der Waals surface area contributed by atoms with E-state index in [1.165, 1.54) is 6.26 Å². The zero-order chi connectivity index (χ0) is 15.1. The molecule has 0 aliphatic heterocycles. The van der Waals surface area contributed by atoms with Gasteiger partial charge < -0.3 is 9.88 Å². The highest BCUT2D eigenvalue weighted by atomic mass is 79.9. The summed E-state index contributed by atoms with van der Waals surface area (Å²) in [5, 5.41) is 2.72. The van der Waals surface area contributed by atoms with Crippen LogP contribution >= 0.6 is 15.9 Å². The molecule has 1 aliphatic carbocycles. The molecule has 2 rings (SSSR count). The molecule has 7 heteroatoms. The van der Waals surface area contributed by atoms with Gasteiger partial charge in [-0.25, -0.2) is 8.42 Å². The molecule has 0 spiro atoms. The number of rotatable bonds is 5. The smallest absolute Gasteiger partial charge is 0.268 e. The first-order valence-electron chi connectivity index (χ1n) is 6.47. The van der Waals surface area contributed by atoms with Gasteiger partial charge in [0.1, 0.15) is 5.69 Å². The van der Waals surface area contributed by atoms with Crippen LogP contribution in [0.1, 0.15) is 43.2 Å². The van der Waals surface area contributed by atoms with E-state index in [0.29, 0.717) is 11.7 Å². The van der Waals surface area contributed by atoms with Gasteiger partial charge in [-0.1, -0.05) is 0 Å². The van der Waals surface area contributed by atoms with Crippen molar-refractivity contribution in [2.75, 3.05) is 12.8 Å². The molecule has 1 heterocycles. The maximum Gasteiger partial charge on any atom is 0.268 e. The number of hydrogen-bond donors (Lipinski definition) is 1. The average Bonchev–Trinajstić information content (AvgIpc) is 3.08. The molecule has 0 unspecified atom stereocenters. The summed E-state index contributed by atoms with van der Waals surface area (Å²) in [6.45, 7) is 3.31. The largest absolute Gasteiger partial charge is 0.349 e. The molecule has 1 saturated carbocycles. The zero-order valence-corrected chi connectivity index (χ0v) is 14.2. The van der Waals surface area contributed by atoms with E-state index in [2.05, 4.69) is 21.2 Å². The maximum atomic E-state index is 12.2. The van der Waals surface area contributed by atoms with E-state index < -0.39 is 14.6 Å². The van der Waals surface area contributed by atoms with Crippen LogP contribution in [-0.4, -0.2) is 36.4 Å². The Morgan fingerprint density at radius 3 is 2.60 bits per heavy atom. The normalized spacial score (nSPS) is 16.2. The monoisotopic (exact) mass is 362 g/mol. The lowest BCUT2D eigenvalue weighted by Crippen LogP contribution is -2.44. The van der Waals surface area contributed by atoms with Crippen molar-refractivity contribution in [2.24, 2.45) is 0 Å². The van der Waals surface area contributed by atoms with Crippen LogP contribution in [0.4, 0.5) is 0 Å². The highest BCUT2D eigenvalue weighted by molar-refractivity contribution is 9.10. The van der Waals surface area contributed by atoms with Gasteiger partial charge >= 0.3 is 0 Å². The Hall–Kier alpha value is -0.820. The van der Waals surface area contributed by atoms with Crippen molar-refractivity contribution in [2.45, 2.75) is 37.5 Å². The van der Waals surface area contributed by atoms with E-state index in [-0.39, 0.29) is 12.5 Å². The lowest BCUT2D eigenvalue weighted by atomic mass is 10.2. The number of hydrogen-bond acceptors (Lipinski definition) is 3. The van der Waals surface area contributed by atoms with Crippen molar-refractivity contribution in [3.63, 3.8) is 0 Å². The van der Waals surface area contributed by atoms with E-state index in [1.807, 2.05) is 10.8 Å². The van der Waals surface area contributed by atoms with Crippen LogP contribution in [-0.2, 0) is 9.84 Å². The summed E-state index contributed by atoms with van der Waals surface area (Å²) in [4.78, 5) is 12.2. The number of aromatic nitrogens is 1. The minimum Gasteiger partial charge on any atom is -0.349 e. The van der Waals surface area contributed by atoms with E-state index in [0.717, 1.165) is 17.3 Å². The van der Waals surface area contributed by atoms with Crippen molar-refractivity contribution in [1.82, 2.24) is 9.88 Å². The first kappa shape index (κ1) is 15.6. The second-order valence-electron chi connectivity index (χ2n) is 5.90. The third kappa shape index (κ3) is 3.25. The van der Waals surface area contributed by atoms with Gasteiger partial charge in [0.05, 0.1) is 4.75 Å². The second kappa shape index (κ2) is 5.18. The number of nitrogens with one attached hydrogen (secondary N) is 1. The van der Waals surface area contributed by atoms with Crippen LogP contribution in [0.5, 0.6) is 0 Å². The summed E-state index contributed by atoms with van der Waals surface area (Å²) >= 11 is 3.37. The van der Waals surface area contributed by atoms with Gasteiger partial charge in [0.25, 0.3) is 5.91 Å². The first-order valence-corrected chi connectivity index (χ1v) is 9.15. The van der Waals surface area contributed by atoms with Crippen LogP contribution in [0, 0.1) is 0 Å². The molecule has 0 radical (unpaired) electrons. The first-order chi connectivity index (χ1) is 9.12. The highest BCUT2D eigenvalue weighted by Crippen LogP contribution is 2.37. The van der Waals surface area contributed by atoms with Gasteiger partial charge in [-0.05, 0) is 48.7 Å². The van der Waals surface area contributed by atoms with Gasteiger partial charge in [0, 0.05) is 29.5 Å². The van der Waals surface area contributed by atoms with E-state index in [4.69, 9.17) is 0 Å². The Kier molecular flexibility index (Phi) is 4.03. The molecule has 20 heavy (non-hydrogen) atoms. The molecule has 0 saturated heterocycles. The summed E-state index contributed by atoms with van der Waals surface area (Å²) in [7, 11) is -3.22. The molecule has 112 valence electrons. The minimum atomic E-state index is -3.22. The SMILES string of the molecule is CC(C)(CNC(=O)c1cc(Br)cn1C1CC1)S(C)(=O)=O. The van der Waals surface area contributed by atoms with Gasteiger partial charge in [0.2, 0.25) is 0 Å². The standard InChI is InChI=1S/C13H19BrN2O3S/c1-13(2,20(3,18)19)8-15-12(17)11-6-9(14)7-16(11)10-4-5-10/h6-7,10H,4-5,8H2,1-3H3,(H,15,17). The quantitative estimate of drug-likeness (QED) is 0.872. The molecule has 1 aliphatic rings. The Morgan fingerprint density at radius 2 is 2.10 bits per heavy atom. The molecule has 5 nitrogen and oxygen atoms in total. The number of nitrogens with zero attached hydrogens (tertiary/aromatic N) is 1. The summed E-state index contributed by atoms with van der Waals surface area (Å²) in [5.41, 5.74) is 0.573. The Bertz CT molecular complexity index is 630. The predicted octanol–water partition coefficient (Wildman–Crippen LogP) is 2.14. The third-order valence-electron chi connectivity index (χ3n) is 3.67. The van der Waals surface area contributed by atoms with Crippen molar-refractivity contribution >= 4 is 31.7 Å². The van der Waals surface area contributed by atoms with E-state index >= 15 is 0 Å². The van der Waals surface area contributed by atoms with Crippen molar-refractivity contribution < 1.29 is 13.2 Å². The fraction of sp³-hybridized carbons (Fsp3) is 0.615. The highest BCUT2D eigenvalue weighted by Gasteiger charge is 2.32. The molecule has 1 amide bonds. The van der Waals surface area contributed by atoms with Crippen molar-refractivity contribution in [1.29, 1.82) is 0 Å². The van der Waals surface area contributed by atoms with Crippen LogP contribution in [0.25, 0.3) is 0 Å². The fourth-order valence-corrected chi connectivity index (χ4v) is 2.57. The van der Waals surface area contributed by atoms with Crippen LogP contribution in [0.15, 0.2) is 16.7 Å². The summed E-state index contributed by atoms with van der Waals surface area (Å²) in [6, 6.07) is 2.16. The lowest BCUT2D eigenvalue weighted by molar-refractivity contribution is 0.0941. The summed E-state index contributed by atoms with van der Waals surface area (Å²) in [5.74, 6) is -0.237. The minimum absolute atomic E-state index is 0.0954. The predicted molar refractivity (Wildman–Crippen MR) is 81.7 cm³/mol. The van der Waals surface area contributed by atoms with E-state index in [1.54, 1.807) is 19.9 Å². The molecule has 1 N–H and O–H groups in total. The molecular formula is C13H19BrN2O3S. The Labute approximate surface area is 127 Å². The van der Waals surface area contributed by atoms with Crippen LogP contribution in [0.3, 0.4) is 0 Å².